The van der Waals surface area contributed by atoms with Gasteiger partial charge in [0, 0.05) is 11.6 Å². The first-order chi connectivity index (χ1) is 6.57. The highest BCUT2D eigenvalue weighted by Crippen LogP contribution is 2.11. The molecule has 14 heavy (non-hydrogen) atoms. The molecule has 1 aromatic heterocycles. The monoisotopic (exact) mass is 201 g/mol. The van der Waals surface area contributed by atoms with E-state index in [0.29, 0.717) is 0 Å². The Bertz CT molecular complexity index is 457. The molecule has 1 heterocycles. The fourth-order valence-electron chi connectivity index (χ4n) is 1.53. The molecule has 0 fully saturated rings. The lowest BCUT2D eigenvalue weighted by molar-refractivity contribution is 1.42. The summed E-state index contributed by atoms with van der Waals surface area (Å²) in [5.41, 5.74) is 1.12. The average molecular weight is 201 g/mol. The third-order valence-corrected chi connectivity index (χ3v) is 4.51. The Hall–Kier alpha value is -1.15. The third kappa shape index (κ3) is 1.70. The summed E-state index contributed by atoms with van der Waals surface area (Å²) < 4.78 is 0. The van der Waals surface area contributed by atoms with Gasteiger partial charge in [-0.05, 0) is 12.1 Å². The van der Waals surface area contributed by atoms with Crippen LogP contribution < -0.4 is 5.19 Å². The standard InChI is InChI=1S/C12H15NSi/c1-14(2,3)11-7-6-10-5-4-8-13-12(10)9-11/h4-9H,1-3H3. The van der Waals surface area contributed by atoms with Crippen molar-refractivity contribution in [2.24, 2.45) is 0 Å². The molecule has 2 heteroatoms. The van der Waals surface area contributed by atoms with E-state index in [0.717, 1.165) is 5.52 Å². The van der Waals surface area contributed by atoms with Gasteiger partial charge in [0.2, 0.25) is 0 Å². The van der Waals surface area contributed by atoms with Gasteiger partial charge in [0.15, 0.2) is 0 Å². The Balaban J connectivity index is 2.63. The van der Waals surface area contributed by atoms with Crippen molar-refractivity contribution < 1.29 is 0 Å². The molecule has 0 atom stereocenters. The van der Waals surface area contributed by atoms with Gasteiger partial charge >= 0.3 is 0 Å². The fourth-order valence-corrected chi connectivity index (χ4v) is 2.69. The molecule has 2 aromatic rings. The van der Waals surface area contributed by atoms with Gasteiger partial charge in [-0.3, -0.25) is 4.98 Å². The Kier molecular flexibility index (Phi) is 2.15. The largest absolute Gasteiger partial charge is 0.256 e. The maximum absolute atomic E-state index is 4.38. The predicted molar refractivity (Wildman–Crippen MR) is 64.7 cm³/mol. The van der Waals surface area contributed by atoms with Crippen LogP contribution in [-0.2, 0) is 0 Å². The fraction of sp³-hybridized carbons (Fsp3) is 0.250. The van der Waals surface area contributed by atoms with Crippen molar-refractivity contribution in [3.05, 3.63) is 36.5 Å². The number of rotatable bonds is 1. The molecule has 0 amide bonds. The summed E-state index contributed by atoms with van der Waals surface area (Å²) in [6.07, 6.45) is 1.86. The molecule has 0 unspecified atom stereocenters. The number of benzene rings is 1. The van der Waals surface area contributed by atoms with Gasteiger partial charge in [0.05, 0.1) is 13.6 Å². The van der Waals surface area contributed by atoms with E-state index in [1.807, 2.05) is 12.3 Å². The summed E-state index contributed by atoms with van der Waals surface area (Å²) in [4.78, 5) is 4.38. The van der Waals surface area contributed by atoms with Crippen LogP contribution in [0.5, 0.6) is 0 Å². The van der Waals surface area contributed by atoms with Crippen LogP contribution >= 0.6 is 0 Å². The quantitative estimate of drug-likeness (QED) is 0.647. The molecular formula is C12H15NSi. The molecule has 1 aromatic carbocycles. The second-order valence-corrected chi connectivity index (χ2v) is 9.74. The summed E-state index contributed by atoms with van der Waals surface area (Å²) in [5.74, 6) is 0. The summed E-state index contributed by atoms with van der Waals surface area (Å²) >= 11 is 0. The smallest absolute Gasteiger partial charge is 0.0776 e. The van der Waals surface area contributed by atoms with E-state index in [4.69, 9.17) is 0 Å². The van der Waals surface area contributed by atoms with Crippen LogP contribution in [0, 0.1) is 0 Å². The van der Waals surface area contributed by atoms with Crippen LogP contribution in [-0.4, -0.2) is 13.1 Å². The van der Waals surface area contributed by atoms with E-state index in [1.54, 1.807) is 0 Å². The molecule has 0 aliphatic heterocycles. The van der Waals surface area contributed by atoms with Crippen LogP contribution in [0.25, 0.3) is 10.9 Å². The van der Waals surface area contributed by atoms with Gasteiger partial charge < -0.3 is 0 Å². The van der Waals surface area contributed by atoms with E-state index >= 15 is 0 Å². The van der Waals surface area contributed by atoms with Gasteiger partial charge in [-0.2, -0.15) is 0 Å². The van der Waals surface area contributed by atoms with E-state index in [1.165, 1.54) is 10.6 Å². The first-order valence-electron chi connectivity index (χ1n) is 4.93. The minimum atomic E-state index is -1.19. The summed E-state index contributed by atoms with van der Waals surface area (Å²) in [5, 5.41) is 2.71. The van der Waals surface area contributed by atoms with Crippen molar-refractivity contribution in [1.29, 1.82) is 0 Å². The molecule has 0 aliphatic carbocycles. The number of aromatic nitrogens is 1. The SMILES string of the molecule is C[Si](C)(C)c1ccc2cccnc2c1. The van der Waals surface area contributed by atoms with E-state index < -0.39 is 8.07 Å². The first kappa shape index (κ1) is 9.40. The number of fused-ring (bicyclic) bond motifs is 1. The zero-order valence-corrected chi connectivity index (χ0v) is 9.91. The van der Waals surface area contributed by atoms with Crippen molar-refractivity contribution in [3.63, 3.8) is 0 Å². The van der Waals surface area contributed by atoms with Crippen LogP contribution in [0.15, 0.2) is 36.5 Å². The van der Waals surface area contributed by atoms with Gasteiger partial charge in [-0.15, -0.1) is 0 Å². The van der Waals surface area contributed by atoms with Gasteiger partial charge in [-0.25, -0.2) is 0 Å². The Morgan fingerprint density at radius 2 is 1.86 bits per heavy atom. The second kappa shape index (κ2) is 3.21. The highest BCUT2D eigenvalue weighted by atomic mass is 28.3. The number of hydrogen-bond acceptors (Lipinski definition) is 1. The molecule has 0 saturated heterocycles. The predicted octanol–water partition coefficient (Wildman–Crippen LogP) is 2.78. The molecule has 72 valence electrons. The van der Waals surface area contributed by atoms with E-state index in [2.05, 4.69) is 48.9 Å². The molecule has 0 saturated carbocycles. The Labute approximate surface area is 85.8 Å². The molecular weight excluding hydrogens is 186 g/mol. The van der Waals surface area contributed by atoms with Crippen molar-refractivity contribution in [2.75, 3.05) is 0 Å². The minimum Gasteiger partial charge on any atom is -0.256 e. The van der Waals surface area contributed by atoms with Gasteiger partial charge in [0.25, 0.3) is 0 Å². The molecule has 0 N–H and O–H groups in total. The summed E-state index contributed by atoms with van der Waals surface area (Å²) in [7, 11) is -1.19. The van der Waals surface area contributed by atoms with Crippen LogP contribution in [0.1, 0.15) is 0 Å². The molecule has 0 aliphatic rings. The van der Waals surface area contributed by atoms with Crippen LogP contribution in [0.3, 0.4) is 0 Å². The topological polar surface area (TPSA) is 12.9 Å². The van der Waals surface area contributed by atoms with Gasteiger partial charge in [-0.1, -0.05) is 43.0 Å². The second-order valence-electron chi connectivity index (χ2n) is 4.66. The molecule has 0 radical (unpaired) electrons. The molecule has 1 nitrogen and oxygen atoms in total. The van der Waals surface area contributed by atoms with Crippen molar-refractivity contribution in [1.82, 2.24) is 4.98 Å². The van der Waals surface area contributed by atoms with Crippen molar-refractivity contribution >= 4 is 24.2 Å². The van der Waals surface area contributed by atoms with E-state index in [9.17, 15) is 0 Å². The first-order valence-corrected chi connectivity index (χ1v) is 8.43. The van der Waals surface area contributed by atoms with Crippen LogP contribution in [0.2, 0.25) is 19.6 Å². The molecule has 2 rings (SSSR count). The Morgan fingerprint density at radius 1 is 1.07 bits per heavy atom. The lowest BCUT2D eigenvalue weighted by Gasteiger charge is -2.16. The van der Waals surface area contributed by atoms with Crippen molar-refractivity contribution in [3.8, 4) is 0 Å². The molecule has 0 spiro atoms. The molecule has 0 bridgehead atoms. The summed E-state index contributed by atoms with van der Waals surface area (Å²) in [6.45, 7) is 7.07. The van der Waals surface area contributed by atoms with Crippen molar-refractivity contribution in [2.45, 2.75) is 19.6 Å². The summed E-state index contributed by atoms with van der Waals surface area (Å²) in [6, 6.07) is 10.8. The zero-order chi connectivity index (χ0) is 10.2. The normalized spacial score (nSPS) is 11.9. The maximum Gasteiger partial charge on any atom is 0.0776 e. The van der Waals surface area contributed by atoms with E-state index in [-0.39, 0.29) is 0 Å². The zero-order valence-electron chi connectivity index (χ0n) is 8.91. The number of nitrogens with zero attached hydrogens (tertiary/aromatic N) is 1. The lowest BCUT2D eigenvalue weighted by atomic mass is 10.2. The van der Waals surface area contributed by atoms with Crippen LogP contribution in [0.4, 0.5) is 0 Å². The third-order valence-electron chi connectivity index (χ3n) is 2.47. The lowest BCUT2D eigenvalue weighted by Crippen LogP contribution is -2.37. The number of hydrogen-bond donors (Lipinski definition) is 0. The van der Waals surface area contributed by atoms with Gasteiger partial charge in [0.1, 0.15) is 0 Å². The highest BCUT2D eigenvalue weighted by molar-refractivity contribution is 6.88. The average Bonchev–Trinajstić information content (AvgIpc) is 2.16. The maximum atomic E-state index is 4.38. The Morgan fingerprint density at radius 3 is 2.57 bits per heavy atom. The highest BCUT2D eigenvalue weighted by Gasteiger charge is 2.16. The number of pyridine rings is 1. The minimum absolute atomic E-state index is 1.12.